The number of rotatable bonds is 5. The lowest BCUT2D eigenvalue weighted by atomic mass is 10.2. The van der Waals surface area contributed by atoms with Crippen molar-refractivity contribution in [2.75, 3.05) is 0 Å². The van der Waals surface area contributed by atoms with Gasteiger partial charge in [-0.25, -0.2) is 4.39 Å². The second-order valence-corrected chi connectivity index (χ2v) is 5.85. The van der Waals surface area contributed by atoms with Crippen molar-refractivity contribution in [3.63, 3.8) is 0 Å². The molecule has 0 saturated carbocycles. The van der Waals surface area contributed by atoms with Crippen LogP contribution in [0.5, 0.6) is 5.75 Å². The Hall–Kier alpha value is -3.09. The van der Waals surface area contributed by atoms with Crippen molar-refractivity contribution in [1.82, 2.24) is 9.78 Å². The summed E-state index contributed by atoms with van der Waals surface area (Å²) in [6.45, 7) is 2.31. The van der Waals surface area contributed by atoms with Crippen LogP contribution in [0.25, 0.3) is 11.9 Å². The molecule has 2 aromatic carbocycles. The van der Waals surface area contributed by atoms with E-state index in [0.717, 1.165) is 23.4 Å². The van der Waals surface area contributed by atoms with Gasteiger partial charge in [-0.1, -0.05) is 30.3 Å². The molecule has 0 saturated heterocycles. The zero-order valence-electron chi connectivity index (χ0n) is 14.3. The first-order chi connectivity index (χ1) is 12.8. The number of hydrogen-bond donors (Lipinski definition) is 0. The minimum Gasteiger partial charge on any atom is -0.406 e. The van der Waals surface area contributed by atoms with Crippen LogP contribution in [0.1, 0.15) is 22.5 Å². The van der Waals surface area contributed by atoms with E-state index in [2.05, 4.69) is 15.9 Å². The molecule has 0 atom stereocenters. The van der Waals surface area contributed by atoms with E-state index in [-0.39, 0.29) is 11.4 Å². The molecule has 0 amide bonds. The minimum atomic E-state index is -4.76. The number of nitrogens with zero attached hydrogens (tertiary/aromatic N) is 2. The minimum absolute atomic E-state index is 0.156. The predicted octanol–water partition coefficient (Wildman–Crippen LogP) is 5.41. The molecule has 0 N–H and O–H groups in total. The lowest BCUT2D eigenvalue weighted by molar-refractivity contribution is -0.274. The summed E-state index contributed by atoms with van der Waals surface area (Å²) in [5.74, 6) is -0.944. The van der Waals surface area contributed by atoms with Crippen molar-refractivity contribution in [2.45, 2.75) is 19.8 Å². The lowest BCUT2D eigenvalue weighted by Gasteiger charge is -2.08. The molecule has 0 spiro atoms. The van der Waals surface area contributed by atoms with E-state index in [1.165, 1.54) is 18.2 Å². The van der Waals surface area contributed by atoms with Crippen LogP contribution in [0.4, 0.5) is 17.6 Å². The summed E-state index contributed by atoms with van der Waals surface area (Å²) in [4.78, 5) is 0. The van der Waals surface area contributed by atoms with E-state index >= 15 is 0 Å². The molecule has 0 bridgehead atoms. The average Bonchev–Trinajstić information content (AvgIpc) is 2.97. The zero-order valence-corrected chi connectivity index (χ0v) is 14.3. The predicted molar refractivity (Wildman–Crippen MR) is 93.4 cm³/mol. The van der Waals surface area contributed by atoms with Gasteiger partial charge in [0, 0.05) is 5.69 Å². The van der Waals surface area contributed by atoms with E-state index in [4.69, 9.17) is 0 Å². The Bertz CT molecular complexity index is 929. The third-order valence-electron chi connectivity index (χ3n) is 3.74. The highest BCUT2D eigenvalue weighted by atomic mass is 19.4. The van der Waals surface area contributed by atoms with E-state index < -0.39 is 12.2 Å². The SMILES string of the molecule is Cc1cc(/C(F)=C/c2ccc(OC(F)(F)F)cc2)nn1Cc1c[c]ccc1. The molecule has 1 heterocycles. The Labute approximate surface area is 153 Å². The van der Waals surface area contributed by atoms with Gasteiger partial charge < -0.3 is 4.74 Å². The van der Waals surface area contributed by atoms with Crippen LogP contribution in [-0.4, -0.2) is 16.1 Å². The Morgan fingerprint density at radius 3 is 2.59 bits per heavy atom. The topological polar surface area (TPSA) is 27.1 Å². The summed E-state index contributed by atoms with van der Waals surface area (Å²) in [6, 6.07) is 16.9. The van der Waals surface area contributed by atoms with Gasteiger partial charge in [-0.05, 0) is 54.5 Å². The fourth-order valence-electron chi connectivity index (χ4n) is 2.47. The molecule has 139 valence electrons. The van der Waals surface area contributed by atoms with Gasteiger partial charge >= 0.3 is 6.36 Å². The second-order valence-electron chi connectivity index (χ2n) is 5.85. The third kappa shape index (κ3) is 5.20. The monoisotopic (exact) mass is 375 g/mol. The van der Waals surface area contributed by atoms with Crippen molar-refractivity contribution >= 4 is 11.9 Å². The molecule has 0 aliphatic carbocycles. The maximum absolute atomic E-state index is 14.5. The molecule has 3 nitrogen and oxygen atoms in total. The molecule has 3 rings (SSSR count). The van der Waals surface area contributed by atoms with Gasteiger partial charge in [-0.15, -0.1) is 13.2 Å². The average molecular weight is 375 g/mol. The van der Waals surface area contributed by atoms with Crippen LogP contribution in [0.2, 0.25) is 0 Å². The van der Waals surface area contributed by atoms with Gasteiger partial charge in [0.1, 0.15) is 11.4 Å². The summed E-state index contributed by atoms with van der Waals surface area (Å²) in [5.41, 5.74) is 2.32. The van der Waals surface area contributed by atoms with Gasteiger partial charge in [0.25, 0.3) is 0 Å². The summed E-state index contributed by atoms with van der Waals surface area (Å²) < 4.78 is 56.4. The van der Waals surface area contributed by atoms with E-state index in [0.29, 0.717) is 12.1 Å². The van der Waals surface area contributed by atoms with Gasteiger partial charge in [-0.2, -0.15) is 5.10 Å². The Kier molecular flexibility index (Phi) is 5.30. The number of aromatic nitrogens is 2. The first-order valence-electron chi connectivity index (χ1n) is 8.03. The molecular weight excluding hydrogens is 360 g/mol. The highest BCUT2D eigenvalue weighted by molar-refractivity contribution is 5.75. The van der Waals surface area contributed by atoms with Crippen LogP contribution in [0, 0.1) is 13.0 Å². The highest BCUT2D eigenvalue weighted by Crippen LogP contribution is 2.25. The Morgan fingerprint density at radius 2 is 1.96 bits per heavy atom. The van der Waals surface area contributed by atoms with Gasteiger partial charge in [0.15, 0.2) is 5.83 Å². The third-order valence-corrected chi connectivity index (χ3v) is 3.74. The van der Waals surface area contributed by atoms with Gasteiger partial charge in [0.05, 0.1) is 6.54 Å². The molecule has 1 aromatic heterocycles. The quantitative estimate of drug-likeness (QED) is 0.558. The first-order valence-corrected chi connectivity index (χ1v) is 8.03. The number of aryl methyl sites for hydroxylation is 1. The Morgan fingerprint density at radius 1 is 1.22 bits per heavy atom. The summed E-state index contributed by atoms with van der Waals surface area (Å²) in [5, 5.41) is 4.25. The van der Waals surface area contributed by atoms with Crippen molar-refractivity contribution in [2.24, 2.45) is 0 Å². The van der Waals surface area contributed by atoms with E-state index in [9.17, 15) is 17.6 Å². The van der Waals surface area contributed by atoms with Crippen LogP contribution >= 0.6 is 0 Å². The van der Waals surface area contributed by atoms with Crippen molar-refractivity contribution in [1.29, 1.82) is 0 Å². The molecule has 7 heteroatoms. The number of halogens is 4. The normalized spacial score (nSPS) is 12.3. The zero-order chi connectivity index (χ0) is 19.4. The summed E-state index contributed by atoms with van der Waals surface area (Å²) in [7, 11) is 0. The van der Waals surface area contributed by atoms with Crippen molar-refractivity contribution in [3.05, 3.63) is 83.2 Å². The maximum atomic E-state index is 14.5. The highest BCUT2D eigenvalue weighted by Gasteiger charge is 2.30. The smallest absolute Gasteiger partial charge is 0.406 e. The van der Waals surface area contributed by atoms with Crippen molar-refractivity contribution < 1.29 is 22.3 Å². The standard InChI is InChI=1S/C20H15F4N2O/c1-14-11-19(25-26(14)13-16-5-3-2-4-6-16)18(21)12-15-7-9-17(10-8-15)27-20(22,23)24/h2-3,5-12H,13H2,1H3/b18-12-. The summed E-state index contributed by atoms with van der Waals surface area (Å²) >= 11 is 0. The van der Waals surface area contributed by atoms with Crippen LogP contribution < -0.4 is 4.74 Å². The first kappa shape index (κ1) is 18.7. The van der Waals surface area contributed by atoms with Crippen LogP contribution in [0.3, 0.4) is 0 Å². The second kappa shape index (κ2) is 7.65. The fourth-order valence-corrected chi connectivity index (χ4v) is 2.47. The maximum Gasteiger partial charge on any atom is 0.573 e. The number of alkyl halides is 3. The molecular formula is C20H15F4N2O. The Balaban J connectivity index is 1.75. The molecule has 0 fully saturated rings. The number of ether oxygens (including phenoxy) is 1. The fraction of sp³-hybridized carbons (Fsp3) is 0.150. The lowest BCUT2D eigenvalue weighted by Crippen LogP contribution is -2.16. The number of benzene rings is 2. The van der Waals surface area contributed by atoms with Crippen LogP contribution in [0.15, 0.2) is 54.6 Å². The van der Waals surface area contributed by atoms with Gasteiger partial charge in [-0.3, -0.25) is 4.68 Å². The van der Waals surface area contributed by atoms with Crippen molar-refractivity contribution in [3.8, 4) is 5.75 Å². The molecule has 0 aliphatic heterocycles. The number of hydrogen-bond acceptors (Lipinski definition) is 2. The molecule has 0 aliphatic rings. The summed E-state index contributed by atoms with van der Waals surface area (Å²) in [6.07, 6.45) is -3.55. The molecule has 3 aromatic rings. The van der Waals surface area contributed by atoms with Gasteiger partial charge in [0.2, 0.25) is 0 Å². The molecule has 27 heavy (non-hydrogen) atoms. The van der Waals surface area contributed by atoms with E-state index in [1.54, 1.807) is 16.8 Å². The largest absolute Gasteiger partial charge is 0.573 e. The molecule has 0 unspecified atom stereocenters. The van der Waals surface area contributed by atoms with E-state index in [1.807, 2.05) is 25.1 Å². The van der Waals surface area contributed by atoms with Crippen LogP contribution in [-0.2, 0) is 6.54 Å². The molecule has 1 radical (unpaired) electrons.